The van der Waals surface area contributed by atoms with E-state index in [9.17, 15) is 14.4 Å². The third-order valence-corrected chi connectivity index (χ3v) is 6.45. The molecule has 8 heteroatoms. The molecule has 1 amide bonds. The zero-order valence-electron chi connectivity index (χ0n) is 17.7. The number of rotatable bonds is 5. The van der Waals surface area contributed by atoms with E-state index in [4.69, 9.17) is 9.47 Å². The number of ether oxygens (including phenoxy) is 2. The van der Waals surface area contributed by atoms with Crippen molar-refractivity contribution in [3.05, 3.63) is 35.5 Å². The molecule has 1 aromatic heterocycles. The Kier molecular flexibility index (Phi) is 5.05. The highest BCUT2D eigenvalue weighted by molar-refractivity contribution is 5.92. The maximum atomic E-state index is 13.5. The van der Waals surface area contributed by atoms with Crippen LogP contribution in [0.15, 0.2) is 24.3 Å². The molecule has 160 valence electrons. The average molecular weight is 413 g/mol. The molecule has 3 heterocycles. The minimum Gasteiger partial charge on any atom is -0.469 e. The van der Waals surface area contributed by atoms with Crippen LogP contribution in [0, 0.1) is 0 Å². The van der Waals surface area contributed by atoms with Crippen molar-refractivity contribution in [2.75, 3.05) is 14.2 Å². The molecule has 2 aliphatic heterocycles. The molecule has 2 atom stereocenters. The smallest absolute Gasteiger partial charge is 0.328 e. The van der Waals surface area contributed by atoms with Crippen molar-refractivity contribution in [3.8, 4) is 0 Å². The first-order valence-corrected chi connectivity index (χ1v) is 10.1. The maximum Gasteiger partial charge on any atom is 0.328 e. The van der Waals surface area contributed by atoms with E-state index in [1.54, 1.807) is 4.90 Å². The van der Waals surface area contributed by atoms with Crippen molar-refractivity contribution in [1.82, 2.24) is 14.8 Å². The van der Waals surface area contributed by atoms with Crippen LogP contribution in [0.2, 0.25) is 0 Å². The number of nitrogens with zero attached hydrogens (tertiary/aromatic N) is 2. The molecular formula is C22H27N3O5. The average Bonchev–Trinajstić information content (AvgIpc) is 3.19. The number of hydrogen-bond donors (Lipinski definition) is 1. The number of methoxy groups -OCH3 is 2. The normalized spacial score (nSPS) is 21.3. The van der Waals surface area contributed by atoms with Crippen molar-refractivity contribution < 1.29 is 23.9 Å². The lowest BCUT2D eigenvalue weighted by Crippen LogP contribution is -2.56. The number of H-pyrrole nitrogens is 1. The molecular weight excluding hydrogens is 386 g/mol. The van der Waals surface area contributed by atoms with E-state index in [-0.39, 0.29) is 24.8 Å². The Balaban J connectivity index is 1.68. The first-order chi connectivity index (χ1) is 14.3. The molecule has 0 spiro atoms. The zero-order valence-corrected chi connectivity index (χ0v) is 17.7. The van der Waals surface area contributed by atoms with E-state index >= 15 is 0 Å². The number of hydrogen-bond acceptors (Lipinski definition) is 6. The Morgan fingerprint density at radius 3 is 2.67 bits per heavy atom. The van der Waals surface area contributed by atoms with E-state index < -0.39 is 23.6 Å². The fraction of sp³-hybridized carbons (Fsp3) is 0.500. The number of carbonyl (C=O) groups is 3. The first kappa shape index (κ1) is 20.4. The van der Waals surface area contributed by atoms with Crippen LogP contribution in [-0.4, -0.2) is 64.6 Å². The van der Waals surface area contributed by atoms with Gasteiger partial charge in [-0.2, -0.15) is 0 Å². The van der Waals surface area contributed by atoms with E-state index in [2.05, 4.69) is 16.0 Å². The summed E-state index contributed by atoms with van der Waals surface area (Å²) in [4.78, 5) is 45.0. The van der Waals surface area contributed by atoms with Crippen molar-refractivity contribution >= 4 is 28.7 Å². The number of benzene rings is 1. The van der Waals surface area contributed by atoms with Crippen molar-refractivity contribution in [2.24, 2.45) is 0 Å². The molecule has 1 N–H and O–H groups in total. The quantitative estimate of drug-likeness (QED) is 0.754. The van der Waals surface area contributed by atoms with Gasteiger partial charge in [0.15, 0.2) is 0 Å². The van der Waals surface area contributed by atoms with Crippen LogP contribution in [0.3, 0.4) is 0 Å². The van der Waals surface area contributed by atoms with Gasteiger partial charge in [0.1, 0.15) is 6.04 Å². The summed E-state index contributed by atoms with van der Waals surface area (Å²) < 4.78 is 9.69. The summed E-state index contributed by atoms with van der Waals surface area (Å²) >= 11 is 0. The Labute approximate surface area is 175 Å². The highest BCUT2D eigenvalue weighted by Crippen LogP contribution is 2.42. The predicted molar refractivity (Wildman–Crippen MR) is 109 cm³/mol. The second-order valence-corrected chi connectivity index (χ2v) is 8.33. The van der Waals surface area contributed by atoms with Gasteiger partial charge in [0.25, 0.3) is 0 Å². The van der Waals surface area contributed by atoms with Gasteiger partial charge in [-0.05, 0) is 38.3 Å². The monoisotopic (exact) mass is 413 g/mol. The summed E-state index contributed by atoms with van der Waals surface area (Å²) in [6.07, 6.45) is 0.761. The van der Waals surface area contributed by atoms with Gasteiger partial charge >= 0.3 is 11.9 Å². The van der Waals surface area contributed by atoms with Gasteiger partial charge in [-0.3, -0.25) is 14.5 Å². The van der Waals surface area contributed by atoms with Crippen molar-refractivity contribution in [1.29, 1.82) is 0 Å². The molecule has 2 aromatic rings. The molecule has 0 aliphatic carbocycles. The molecule has 1 fully saturated rings. The molecule has 0 saturated carbocycles. The fourth-order valence-electron chi connectivity index (χ4n) is 4.95. The van der Waals surface area contributed by atoms with Crippen molar-refractivity contribution in [2.45, 2.75) is 57.4 Å². The fourth-order valence-corrected chi connectivity index (χ4v) is 4.95. The molecule has 8 nitrogen and oxygen atoms in total. The van der Waals surface area contributed by atoms with Crippen LogP contribution in [0.1, 0.15) is 37.9 Å². The number of para-hydroxylation sites is 1. The SMILES string of the molecule is COC(=O)CC[C@@H](C(=O)OC)N1C(=O)[C@@H]2Cc3c([nH]c4ccccc34)CN2C1(C)C. The minimum absolute atomic E-state index is 0.0322. The Morgan fingerprint density at radius 2 is 1.97 bits per heavy atom. The predicted octanol–water partition coefficient (Wildman–Crippen LogP) is 1.97. The minimum atomic E-state index is -0.850. The highest BCUT2D eigenvalue weighted by Gasteiger charge is 2.56. The highest BCUT2D eigenvalue weighted by atomic mass is 16.5. The molecule has 0 bridgehead atoms. The summed E-state index contributed by atoms with van der Waals surface area (Å²) in [5.74, 6) is -1.06. The number of fused-ring (bicyclic) bond motifs is 4. The molecule has 30 heavy (non-hydrogen) atoms. The van der Waals surface area contributed by atoms with Crippen LogP contribution in [0.5, 0.6) is 0 Å². The molecule has 1 aromatic carbocycles. The van der Waals surface area contributed by atoms with Gasteiger partial charge in [0.05, 0.1) is 25.9 Å². The zero-order chi connectivity index (χ0) is 21.6. The van der Waals surface area contributed by atoms with E-state index in [0.29, 0.717) is 13.0 Å². The number of aromatic amines is 1. The summed E-state index contributed by atoms with van der Waals surface area (Å²) in [5.41, 5.74) is 2.60. The number of aromatic nitrogens is 1. The van der Waals surface area contributed by atoms with E-state index in [1.807, 2.05) is 32.0 Å². The Morgan fingerprint density at radius 1 is 1.23 bits per heavy atom. The number of amides is 1. The second kappa shape index (κ2) is 7.43. The molecule has 0 radical (unpaired) electrons. The van der Waals surface area contributed by atoms with Gasteiger partial charge < -0.3 is 19.4 Å². The van der Waals surface area contributed by atoms with Crippen LogP contribution >= 0.6 is 0 Å². The Hall–Kier alpha value is -2.87. The molecule has 4 rings (SSSR count). The maximum absolute atomic E-state index is 13.5. The number of carbonyl (C=O) groups excluding carboxylic acids is 3. The largest absolute Gasteiger partial charge is 0.469 e. The van der Waals surface area contributed by atoms with Gasteiger partial charge in [0, 0.05) is 29.6 Å². The van der Waals surface area contributed by atoms with Gasteiger partial charge in [-0.25, -0.2) is 4.79 Å². The third-order valence-electron chi connectivity index (χ3n) is 6.45. The number of nitrogens with one attached hydrogen (secondary N) is 1. The lowest BCUT2D eigenvalue weighted by Gasteiger charge is -2.42. The van der Waals surface area contributed by atoms with Gasteiger partial charge in [-0.15, -0.1) is 0 Å². The number of esters is 2. The summed E-state index contributed by atoms with van der Waals surface area (Å²) in [7, 11) is 2.60. The molecule has 0 unspecified atom stereocenters. The van der Waals surface area contributed by atoms with Gasteiger partial charge in [-0.1, -0.05) is 18.2 Å². The summed E-state index contributed by atoms with van der Waals surface area (Å²) in [6, 6.07) is 6.88. The lowest BCUT2D eigenvalue weighted by atomic mass is 9.96. The van der Waals surface area contributed by atoms with Crippen LogP contribution in [0.4, 0.5) is 0 Å². The standard InChI is InChI=1S/C22H27N3O5/c1-22(2)24-12-16-14(13-7-5-6-8-15(13)23-16)11-18(24)20(27)25(22)17(21(28)30-4)9-10-19(26)29-3/h5-8,17-18,23H,9-12H2,1-4H3/t17-,18-/m0/s1. The third kappa shape index (κ3) is 3.06. The topological polar surface area (TPSA) is 91.9 Å². The van der Waals surface area contributed by atoms with Gasteiger partial charge in [0.2, 0.25) is 5.91 Å². The second-order valence-electron chi connectivity index (χ2n) is 8.33. The van der Waals surface area contributed by atoms with Crippen LogP contribution < -0.4 is 0 Å². The van der Waals surface area contributed by atoms with Crippen LogP contribution in [-0.2, 0) is 36.8 Å². The summed E-state index contributed by atoms with van der Waals surface area (Å²) in [6.45, 7) is 4.45. The van der Waals surface area contributed by atoms with Crippen molar-refractivity contribution in [3.63, 3.8) is 0 Å². The van der Waals surface area contributed by atoms with Crippen LogP contribution in [0.25, 0.3) is 10.9 Å². The Bertz CT molecular complexity index is 1010. The van der Waals surface area contributed by atoms with E-state index in [1.165, 1.54) is 14.2 Å². The lowest BCUT2D eigenvalue weighted by molar-refractivity contribution is -0.157. The van der Waals surface area contributed by atoms with E-state index in [0.717, 1.165) is 22.2 Å². The first-order valence-electron chi connectivity index (χ1n) is 10.1. The molecule has 1 saturated heterocycles. The molecule has 2 aliphatic rings. The summed E-state index contributed by atoms with van der Waals surface area (Å²) in [5, 5.41) is 1.13.